The monoisotopic (exact) mass is 317 g/mol. The quantitative estimate of drug-likeness (QED) is 0.841. The van der Waals surface area contributed by atoms with Crippen molar-refractivity contribution in [2.24, 2.45) is 5.41 Å². The molecule has 124 valence electrons. The van der Waals surface area contributed by atoms with E-state index >= 15 is 0 Å². The Hall–Kier alpha value is -1.65. The number of carbonyl (C=O) groups is 1. The summed E-state index contributed by atoms with van der Waals surface area (Å²) in [5.74, 6) is 0.832. The fourth-order valence-corrected chi connectivity index (χ4v) is 4.67. The lowest BCUT2D eigenvalue weighted by Gasteiger charge is -2.42. The third kappa shape index (κ3) is 2.60. The molecule has 4 nitrogen and oxygen atoms in total. The number of aromatic nitrogens is 1. The van der Waals surface area contributed by atoms with Crippen molar-refractivity contribution in [2.75, 3.05) is 24.5 Å². The average molecular weight is 317 g/mol. The summed E-state index contributed by atoms with van der Waals surface area (Å²) in [6.45, 7) is 2.50. The van der Waals surface area contributed by atoms with Gasteiger partial charge in [-0.1, -0.05) is 12.8 Å². The molecule has 0 bridgehead atoms. The minimum Gasteiger partial charge on any atom is -0.356 e. The third-order valence-corrected chi connectivity index (χ3v) is 5.92. The van der Waals surface area contributed by atoms with E-state index in [4.69, 9.17) is 0 Å². The number of pyridine rings is 1. The number of rotatable bonds is 2. The van der Waals surface area contributed by atoms with Gasteiger partial charge in [-0.25, -0.2) is 9.37 Å². The summed E-state index contributed by atoms with van der Waals surface area (Å²) < 4.78 is 13.1. The number of piperidine rings is 1. The highest BCUT2D eigenvalue weighted by atomic mass is 19.1. The SMILES string of the molecule is O=C1N(C2CCCC2)CCCC12CCN(c1ccc(F)cn1)C2. The standard InChI is InChI=1S/C18H24FN3O/c19-14-6-7-16(20-12-14)21-11-9-18(13-21)8-3-10-22(17(18)23)15-4-1-2-5-15/h6-7,12,15H,1-5,8-11,13H2. The van der Waals surface area contributed by atoms with Crippen LogP contribution in [-0.4, -0.2) is 41.5 Å². The van der Waals surface area contributed by atoms with E-state index in [2.05, 4.69) is 14.8 Å². The first-order chi connectivity index (χ1) is 11.2. The van der Waals surface area contributed by atoms with Gasteiger partial charge in [-0.15, -0.1) is 0 Å². The predicted molar refractivity (Wildman–Crippen MR) is 86.7 cm³/mol. The lowest BCUT2D eigenvalue weighted by Crippen LogP contribution is -2.53. The van der Waals surface area contributed by atoms with Crippen LogP contribution in [0.5, 0.6) is 0 Å². The molecule has 2 saturated heterocycles. The molecule has 4 rings (SSSR count). The first kappa shape index (κ1) is 14.9. The Morgan fingerprint density at radius 3 is 2.70 bits per heavy atom. The van der Waals surface area contributed by atoms with E-state index in [0.717, 1.165) is 44.7 Å². The molecule has 1 amide bonds. The Morgan fingerprint density at radius 1 is 1.13 bits per heavy atom. The molecule has 3 fully saturated rings. The zero-order chi connectivity index (χ0) is 15.9. The second kappa shape index (κ2) is 5.77. The van der Waals surface area contributed by atoms with Gasteiger partial charge >= 0.3 is 0 Å². The van der Waals surface area contributed by atoms with Gasteiger partial charge in [-0.2, -0.15) is 0 Å². The lowest BCUT2D eigenvalue weighted by molar-refractivity contribution is -0.147. The molecule has 0 aromatic carbocycles. The van der Waals surface area contributed by atoms with Crippen LogP contribution in [0.3, 0.4) is 0 Å². The van der Waals surface area contributed by atoms with Crippen LogP contribution in [0.2, 0.25) is 0 Å². The molecular weight excluding hydrogens is 293 g/mol. The Kier molecular flexibility index (Phi) is 3.74. The lowest BCUT2D eigenvalue weighted by atomic mass is 9.77. The van der Waals surface area contributed by atoms with Crippen LogP contribution >= 0.6 is 0 Å². The summed E-state index contributed by atoms with van der Waals surface area (Å²) in [4.78, 5) is 21.7. The van der Waals surface area contributed by atoms with E-state index < -0.39 is 0 Å². The zero-order valence-corrected chi connectivity index (χ0v) is 13.5. The number of amides is 1. The van der Waals surface area contributed by atoms with Gasteiger partial charge in [0.1, 0.15) is 11.6 Å². The second-order valence-corrected chi connectivity index (χ2v) is 7.33. The van der Waals surface area contributed by atoms with Gasteiger partial charge < -0.3 is 9.80 Å². The third-order valence-electron chi connectivity index (χ3n) is 5.92. The zero-order valence-electron chi connectivity index (χ0n) is 13.5. The largest absolute Gasteiger partial charge is 0.356 e. The highest BCUT2D eigenvalue weighted by molar-refractivity contribution is 5.85. The summed E-state index contributed by atoms with van der Waals surface area (Å²) >= 11 is 0. The molecule has 0 radical (unpaired) electrons. The van der Waals surface area contributed by atoms with Crippen molar-refractivity contribution in [3.8, 4) is 0 Å². The molecule has 23 heavy (non-hydrogen) atoms. The topological polar surface area (TPSA) is 36.4 Å². The van der Waals surface area contributed by atoms with Gasteiger partial charge in [-0.3, -0.25) is 4.79 Å². The van der Waals surface area contributed by atoms with E-state index in [1.54, 1.807) is 6.07 Å². The molecule has 2 aliphatic heterocycles. The van der Waals surface area contributed by atoms with Crippen LogP contribution in [-0.2, 0) is 4.79 Å². The summed E-state index contributed by atoms with van der Waals surface area (Å²) in [6, 6.07) is 3.63. The van der Waals surface area contributed by atoms with E-state index in [-0.39, 0.29) is 11.2 Å². The first-order valence-corrected chi connectivity index (χ1v) is 8.86. The van der Waals surface area contributed by atoms with Gasteiger partial charge in [0.05, 0.1) is 11.6 Å². The van der Waals surface area contributed by atoms with Gasteiger partial charge in [-0.05, 0) is 44.2 Å². The normalized spacial score (nSPS) is 29.0. The van der Waals surface area contributed by atoms with Gasteiger partial charge in [0.2, 0.25) is 5.91 Å². The molecule has 1 aliphatic carbocycles. The Bertz CT molecular complexity index is 584. The van der Waals surface area contributed by atoms with Gasteiger partial charge in [0, 0.05) is 25.7 Å². The predicted octanol–water partition coefficient (Wildman–Crippen LogP) is 2.98. The number of hydrogen-bond donors (Lipinski definition) is 0. The summed E-state index contributed by atoms with van der Waals surface area (Å²) in [5.41, 5.74) is -0.239. The fourth-order valence-electron chi connectivity index (χ4n) is 4.67. The van der Waals surface area contributed by atoms with Crippen molar-refractivity contribution in [1.29, 1.82) is 0 Å². The summed E-state index contributed by atoms with van der Waals surface area (Å²) in [6.07, 6.45) is 9.10. The number of hydrogen-bond acceptors (Lipinski definition) is 3. The highest BCUT2D eigenvalue weighted by Crippen LogP contribution is 2.43. The number of halogens is 1. The molecule has 1 aromatic heterocycles. The van der Waals surface area contributed by atoms with E-state index in [1.165, 1.54) is 37.9 Å². The van der Waals surface area contributed by atoms with Gasteiger partial charge in [0.25, 0.3) is 0 Å². The molecule has 3 heterocycles. The molecular formula is C18H24FN3O. The van der Waals surface area contributed by atoms with Crippen LogP contribution < -0.4 is 4.90 Å². The van der Waals surface area contributed by atoms with E-state index in [1.807, 2.05) is 0 Å². The maximum absolute atomic E-state index is 13.2. The average Bonchev–Trinajstić information content (AvgIpc) is 3.22. The van der Waals surface area contributed by atoms with Crippen molar-refractivity contribution in [2.45, 2.75) is 51.0 Å². The molecule has 1 aromatic rings. The number of nitrogens with zero attached hydrogens (tertiary/aromatic N) is 3. The van der Waals surface area contributed by atoms with Crippen LogP contribution in [0.4, 0.5) is 10.2 Å². The summed E-state index contributed by atoms with van der Waals surface area (Å²) in [7, 11) is 0. The van der Waals surface area contributed by atoms with Crippen molar-refractivity contribution < 1.29 is 9.18 Å². The van der Waals surface area contributed by atoms with E-state index in [9.17, 15) is 9.18 Å². The smallest absolute Gasteiger partial charge is 0.230 e. The highest BCUT2D eigenvalue weighted by Gasteiger charge is 2.50. The van der Waals surface area contributed by atoms with Crippen molar-refractivity contribution in [1.82, 2.24) is 9.88 Å². The molecule has 0 N–H and O–H groups in total. The van der Waals surface area contributed by atoms with Crippen molar-refractivity contribution in [3.63, 3.8) is 0 Å². The Balaban J connectivity index is 1.51. The molecule has 1 atom stereocenters. The maximum Gasteiger partial charge on any atom is 0.230 e. The van der Waals surface area contributed by atoms with Crippen molar-refractivity contribution >= 4 is 11.7 Å². The van der Waals surface area contributed by atoms with Crippen LogP contribution in [0.1, 0.15) is 44.9 Å². The minimum atomic E-state index is -0.316. The molecule has 1 spiro atoms. The fraction of sp³-hybridized carbons (Fsp3) is 0.667. The summed E-state index contributed by atoms with van der Waals surface area (Å²) in [5, 5.41) is 0. The van der Waals surface area contributed by atoms with Crippen molar-refractivity contribution in [3.05, 3.63) is 24.1 Å². The van der Waals surface area contributed by atoms with Crippen LogP contribution in [0, 0.1) is 11.2 Å². The molecule has 5 heteroatoms. The number of anilines is 1. The molecule has 1 saturated carbocycles. The molecule has 1 unspecified atom stereocenters. The Morgan fingerprint density at radius 2 is 1.96 bits per heavy atom. The van der Waals surface area contributed by atoms with Gasteiger partial charge in [0.15, 0.2) is 0 Å². The minimum absolute atomic E-state index is 0.239. The first-order valence-electron chi connectivity index (χ1n) is 8.86. The van der Waals surface area contributed by atoms with Crippen LogP contribution in [0.15, 0.2) is 18.3 Å². The Labute approximate surface area is 136 Å². The molecule has 3 aliphatic rings. The second-order valence-electron chi connectivity index (χ2n) is 7.33. The van der Waals surface area contributed by atoms with Crippen LogP contribution in [0.25, 0.3) is 0 Å². The maximum atomic E-state index is 13.2. The number of likely N-dealkylation sites (tertiary alicyclic amines) is 1. The van der Waals surface area contributed by atoms with E-state index in [0.29, 0.717) is 11.9 Å². The number of carbonyl (C=O) groups excluding carboxylic acids is 1.